The van der Waals surface area contributed by atoms with E-state index in [1.54, 1.807) is 12.1 Å². The van der Waals surface area contributed by atoms with Crippen LogP contribution in [0.25, 0.3) is 0 Å². The fourth-order valence-corrected chi connectivity index (χ4v) is 2.65. The van der Waals surface area contributed by atoms with Crippen LogP contribution in [0.15, 0.2) is 48.5 Å². The number of carbonyl (C=O) groups excluding carboxylic acids is 2. The lowest BCUT2D eigenvalue weighted by Crippen LogP contribution is -2.43. The van der Waals surface area contributed by atoms with Crippen molar-refractivity contribution in [2.24, 2.45) is 0 Å². The first kappa shape index (κ1) is 20.6. The molecule has 144 valence electrons. The van der Waals surface area contributed by atoms with Gasteiger partial charge in [0.25, 0.3) is 0 Å². The fourth-order valence-electron chi connectivity index (χ4n) is 2.65. The van der Waals surface area contributed by atoms with E-state index in [0.717, 1.165) is 5.56 Å². The highest BCUT2D eigenvalue weighted by molar-refractivity contribution is 5.98. The van der Waals surface area contributed by atoms with Crippen molar-refractivity contribution in [3.05, 3.63) is 65.2 Å². The molecule has 2 aromatic rings. The van der Waals surface area contributed by atoms with Gasteiger partial charge in [0.1, 0.15) is 12.4 Å². The Morgan fingerprint density at radius 1 is 1.07 bits per heavy atom. The van der Waals surface area contributed by atoms with E-state index in [4.69, 9.17) is 4.74 Å². The Bertz CT molecular complexity index is 794. The van der Waals surface area contributed by atoms with Crippen molar-refractivity contribution in [1.29, 1.82) is 0 Å². The van der Waals surface area contributed by atoms with E-state index < -0.39 is 5.97 Å². The van der Waals surface area contributed by atoms with Crippen molar-refractivity contribution in [3.8, 4) is 5.75 Å². The Balaban J connectivity index is 2.17. The molecule has 0 saturated carbocycles. The van der Waals surface area contributed by atoms with Crippen LogP contribution in [0.3, 0.4) is 0 Å². The smallest absolute Gasteiger partial charge is 0.302 e. The van der Waals surface area contributed by atoms with E-state index in [0.29, 0.717) is 17.7 Å². The Morgan fingerprint density at radius 3 is 2.33 bits per heavy atom. The summed E-state index contributed by atoms with van der Waals surface area (Å²) in [4.78, 5) is 26.0. The third kappa shape index (κ3) is 6.22. The lowest BCUT2D eigenvalue weighted by atomic mass is 10.0. The second-order valence-electron chi connectivity index (χ2n) is 7.56. The van der Waals surface area contributed by atoms with Gasteiger partial charge in [0.05, 0.1) is 6.54 Å². The summed E-state index contributed by atoms with van der Waals surface area (Å²) in [6.07, 6.45) is 0. The summed E-state index contributed by atoms with van der Waals surface area (Å²) in [5.74, 6) is -0.484. The Hall–Kier alpha value is -2.66. The van der Waals surface area contributed by atoms with Gasteiger partial charge in [0.15, 0.2) is 5.78 Å². The standard InChI is InChI=1S/C22H27NO4/c1-16(24)27-15-19-12-18(10-11-20(19)25)21(26)14-23(22(2,3)4)13-17-8-6-5-7-9-17/h5-12,25H,13-15H2,1-4H3. The van der Waals surface area contributed by atoms with Crippen LogP contribution in [0, 0.1) is 0 Å². The van der Waals surface area contributed by atoms with Crippen molar-refractivity contribution in [1.82, 2.24) is 4.90 Å². The molecule has 2 aromatic carbocycles. The molecule has 5 heteroatoms. The summed E-state index contributed by atoms with van der Waals surface area (Å²) in [6.45, 7) is 8.38. The Kier molecular flexibility index (Phi) is 6.75. The van der Waals surface area contributed by atoms with Crippen molar-refractivity contribution < 1.29 is 19.4 Å². The minimum Gasteiger partial charge on any atom is -0.508 e. The van der Waals surface area contributed by atoms with Crippen LogP contribution >= 0.6 is 0 Å². The molecule has 0 atom stereocenters. The maximum Gasteiger partial charge on any atom is 0.302 e. The first-order valence-electron chi connectivity index (χ1n) is 8.94. The molecule has 1 N–H and O–H groups in total. The summed E-state index contributed by atoms with van der Waals surface area (Å²) in [6, 6.07) is 14.7. The van der Waals surface area contributed by atoms with Gasteiger partial charge >= 0.3 is 5.97 Å². The number of benzene rings is 2. The number of rotatable bonds is 7. The second-order valence-corrected chi connectivity index (χ2v) is 7.56. The molecular formula is C22H27NO4. The van der Waals surface area contributed by atoms with Crippen molar-refractivity contribution in [3.63, 3.8) is 0 Å². The number of aromatic hydroxyl groups is 1. The second kappa shape index (κ2) is 8.82. The number of phenols is 1. The molecule has 0 saturated heterocycles. The van der Waals surface area contributed by atoms with Crippen LogP contribution in [0.1, 0.15) is 49.2 Å². The largest absolute Gasteiger partial charge is 0.508 e. The summed E-state index contributed by atoms with van der Waals surface area (Å²) >= 11 is 0. The van der Waals surface area contributed by atoms with Gasteiger partial charge in [-0.05, 0) is 44.5 Å². The van der Waals surface area contributed by atoms with Gasteiger partial charge in [0.2, 0.25) is 0 Å². The Morgan fingerprint density at radius 2 is 1.74 bits per heavy atom. The number of phenolic OH excluding ortho intramolecular Hbond substituents is 1. The molecule has 0 fully saturated rings. The first-order chi connectivity index (χ1) is 12.7. The van der Waals surface area contributed by atoms with Crippen LogP contribution in [-0.4, -0.2) is 33.8 Å². The van der Waals surface area contributed by atoms with E-state index in [9.17, 15) is 14.7 Å². The maximum absolute atomic E-state index is 12.9. The molecule has 0 heterocycles. The van der Waals surface area contributed by atoms with E-state index in [-0.39, 0.29) is 30.2 Å². The summed E-state index contributed by atoms with van der Waals surface area (Å²) in [5.41, 5.74) is 1.85. The van der Waals surface area contributed by atoms with Gasteiger partial charge in [-0.3, -0.25) is 14.5 Å². The predicted octanol–water partition coefficient (Wildman–Crippen LogP) is 3.94. The normalized spacial score (nSPS) is 11.4. The van der Waals surface area contributed by atoms with Crippen LogP contribution in [-0.2, 0) is 22.7 Å². The van der Waals surface area contributed by atoms with Crippen LogP contribution in [0.4, 0.5) is 0 Å². The molecule has 0 radical (unpaired) electrons. The number of carbonyl (C=O) groups is 2. The average Bonchev–Trinajstić information content (AvgIpc) is 2.60. The van der Waals surface area contributed by atoms with E-state index in [1.807, 2.05) is 30.3 Å². The predicted molar refractivity (Wildman–Crippen MR) is 105 cm³/mol. The molecular weight excluding hydrogens is 342 g/mol. The van der Waals surface area contributed by atoms with Gasteiger partial charge in [-0.15, -0.1) is 0 Å². The quantitative estimate of drug-likeness (QED) is 0.591. The van der Waals surface area contributed by atoms with Crippen LogP contribution in [0.5, 0.6) is 5.75 Å². The van der Waals surface area contributed by atoms with Crippen molar-refractivity contribution in [2.45, 2.75) is 46.4 Å². The van der Waals surface area contributed by atoms with E-state index >= 15 is 0 Å². The molecule has 0 aliphatic carbocycles. The summed E-state index contributed by atoms with van der Waals surface area (Å²) in [5, 5.41) is 9.92. The molecule has 0 aliphatic rings. The highest BCUT2D eigenvalue weighted by Gasteiger charge is 2.24. The average molecular weight is 369 g/mol. The zero-order valence-corrected chi connectivity index (χ0v) is 16.4. The Labute approximate surface area is 160 Å². The molecule has 0 aliphatic heterocycles. The highest BCUT2D eigenvalue weighted by Crippen LogP contribution is 2.22. The zero-order valence-electron chi connectivity index (χ0n) is 16.4. The van der Waals surface area contributed by atoms with E-state index in [1.165, 1.54) is 13.0 Å². The number of ketones is 1. The van der Waals surface area contributed by atoms with Gasteiger partial charge in [-0.2, -0.15) is 0 Å². The van der Waals surface area contributed by atoms with Crippen LogP contribution < -0.4 is 0 Å². The topological polar surface area (TPSA) is 66.8 Å². The van der Waals surface area contributed by atoms with Crippen molar-refractivity contribution in [2.75, 3.05) is 6.54 Å². The fraction of sp³-hybridized carbons (Fsp3) is 0.364. The van der Waals surface area contributed by atoms with Gasteiger partial charge < -0.3 is 9.84 Å². The molecule has 0 bridgehead atoms. The lowest BCUT2D eigenvalue weighted by molar-refractivity contribution is -0.142. The monoisotopic (exact) mass is 369 g/mol. The van der Waals surface area contributed by atoms with Gasteiger partial charge in [0, 0.05) is 30.1 Å². The van der Waals surface area contributed by atoms with Gasteiger partial charge in [-0.25, -0.2) is 0 Å². The zero-order chi connectivity index (χ0) is 20.0. The molecule has 2 rings (SSSR count). The first-order valence-corrected chi connectivity index (χ1v) is 8.94. The summed E-state index contributed by atoms with van der Waals surface area (Å²) < 4.78 is 4.94. The summed E-state index contributed by atoms with van der Waals surface area (Å²) in [7, 11) is 0. The highest BCUT2D eigenvalue weighted by atomic mass is 16.5. The van der Waals surface area contributed by atoms with Crippen molar-refractivity contribution >= 4 is 11.8 Å². The number of hydrogen-bond acceptors (Lipinski definition) is 5. The SMILES string of the molecule is CC(=O)OCc1cc(C(=O)CN(Cc2ccccc2)C(C)(C)C)ccc1O. The third-order valence-corrected chi connectivity index (χ3v) is 4.33. The number of hydrogen-bond donors (Lipinski definition) is 1. The lowest BCUT2D eigenvalue weighted by Gasteiger charge is -2.35. The number of Topliss-reactive ketones (excluding diaryl/α,β-unsaturated/α-hetero) is 1. The maximum atomic E-state index is 12.9. The molecule has 0 amide bonds. The number of esters is 1. The van der Waals surface area contributed by atoms with Gasteiger partial charge in [-0.1, -0.05) is 30.3 Å². The molecule has 0 unspecified atom stereocenters. The third-order valence-electron chi connectivity index (χ3n) is 4.33. The number of ether oxygens (including phenoxy) is 1. The minimum absolute atomic E-state index is 0.00441. The van der Waals surface area contributed by atoms with Crippen LogP contribution in [0.2, 0.25) is 0 Å². The molecule has 0 aromatic heterocycles. The number of nitrogens with zero attached hydrogens (tertiary/aromatic N) is 1. The van der Waals surface area contributed by atoms with E-state index in [2.05, 4.69) is 25.7 Å². The molecule has 5 nitrogen and oxygen atoms in total. The molecule has 0 spiro atoms. The minimum atomic E-state index is -0.437. The molecule has 27 heavy (non-hydrogen) atoms.